The third kappa shape index (κ3) is 1.43. The third-order valence-electron chi connectivity index (χ3n) is 1.76. The number of hydrogen-bond donors (Lipinski definition) is 0. The molecule has 1 aromatic rings. The van der Waals surface area contributed by atoms with Crippen LogP contribution < -0.4 is 9.47 Å². The predicted molar refractivity (Wildman–Crippen MR) is 50.4 cm³/mol. The molecule has 0 aliphatic carbocycles. The maximum Gasteiger partial charge on any atom is 0.179 e. The van der Waals surface area contributed by atoms with Gasteiger partial charge in [-0.1, -0.05) is 17.5 Å². The summed E-state index contributed by atoms with van der Waals surface area (Å²) in [5.41, 5.74) is 0.703. The van der Waals surface area contributed by atoms with Gasteiger partial charge in [0.05, 0.1) is 5.02 Å². The van der Waals surface area contributed by atoms with Crippen molar-refractivity contribution in [3.8, 4) is 23.8 Å². The number of terminal acetylenes is 1. The number of ether oxygens (including phenoxy) is 2. The second kappa shape index (κ2) is 3.20. The number of fused-ring (bicyclic) bond motifs is 1. The van der Waals surface area contributed by atoms with Gasteiger partial charge in [0.1, 0.15) is 13.2 Å². The molecule has 2 nitrogen and oxygen atoms in total. The molecule has 1 aromatic carbocycles. The van der Waals surface area contributed by atoms with Gasteiger partial charge in [0.25, 0.3) is 0 Å². The zero-order chi connectivity index (χ0) is 9.26. The van der Waals surface area contributed by atoms with Gasteiger partial charge in [0.15, 0.2) is 11.5 Å². The highest BCUT2D eigenvalue weighted by atomic mass is 35.5. The molecule has 0 N–H and O–H groups in total. The minimum absolute atomic E-state index is 0.505. The second-order valence-corrected chi connectivity index (χ2v) is 3.03. The van der Waals surface area contributed by atoms with Crippen LogP contribution in [-0.2, 0) is 0 Å². The van der Waals surface area contributed by atoms with E-state index in [1.165, 1.54) is 0 Å². The molecule has 0 saturated heterocycles. The Kier molecular flexibility index (Phi) is 2.03. The smallest absolute Gasteiger partial charge is 0.179 e. The molecule has 0 fully saturated rings. The average Bonchev–Trinajstić information content (AvgIpc) is 2.18. The van der Waals surface area contributed by atoms with E-state index in [0.29, 0.717) is 35.3 Å². The fourth-order valence-corrected chi connectivity index (χ4v) is 1.46. The Morgan fingerprint density at radius 1 is 1.31 bits per heavy atom. The summed E-state index contributed by atoms with van der Waals surface area (Å²) in [6, 6.07) is 3.44. The lowest BCUT2D eigenvalue weighted by atomic mass is 10.2. The van der Waals surface area contributed by atoms with Gasteiger partial charge in [-0.05, 0) is 12.1 Å². The molecule has 0 amide bonds. The molecule has 0 radical (unpaired) electrons. The summed E-state index contributed by atoms with van der Waals surface area (Å²) in [6.45, 7) is 1.07. The molecule has 1 aliphatic heterocycles. The van der Waals surface area contributed by atoms with Crippen LogP contribution in [0, 0.1) is 12.3 Å². The summed E-state index contributed by atoms with van der Waals surface area (Å²) in [5.74, 6) is 3.72. The van der Waals surface area contributed by atoms with Crippen molar-refractivity contribution in [2.24, 2.45) is 0 Å². The van der Waals surface area contributed by atoms with E-state index in [-0.39, 0.29) is 0 Å². The number of rotatable bonds is 0. The topological polar surface area (TPSA) is 18.5 Å². The summed E-state index contributed by atoms with van der Waals surface area (Å²) in [5, 5.41) is 0.505. The Morgan fingerprint density at radius 3 is 2.85 bits per heavy atom. The summed E-state index contributed by atoms with van der Waals surface area (Å²) in [6.07, 6.45) is 5.25. The summed E-state index contributed by atoms with van der Waals surface area (Å²) >= 11 is 5.93. The average molecular weight is 195 g/mol. The monoisotopic (exact) mass is 194 g/mol. The van der Waals surface area contributed by atoms with Crippen molar-refractivity contribution in [2.75, 3.05) is 13.2 Å². The van der Waals surface area contributed by atoms with E-state index in [0.717, 1.165) is 0 Å². The van der Waals surface area contributed by atoms with Gasteiger partial charge in [0.2, 0.25) is 0 Å². The first-order valence-corrected chi connectivity index (χ1v) is 4.25. The summed E-state index contributed by atoms with van der Waals surface area (Å²) in [4.78, 5) is 0. The van der Waals surface area contributed by atoms with Gasteiger partial charge in [-0.3, -0.25) is 0 Å². The lowest BCUT2D eigenvalue weighted by Crippen LogP contribution is -2.15. The molecule has 0 unspecified atom stereocenters. The largest absolute Gasteiger partial charge is 0.486 e. The van der Waals surface area contributed by atoms with Gasteiger partial charge in [0, 0.05) is 5.56 Å². The number of benzene rings is 1. The number of halogens is 1. The van der Waals surface area contributed by atoms with Crippen molar-refractivity contribution in [2.45, 2.75) is 0 Å². The van der Waals surface area contributed by atoms with Crippen LogP contribution in [0.4, 0.5) is 0 Å². The molecular formula is C10H7ClO2. The highest BCUT2D eigenvalue weighted by molar-refractivity contribution is 6.32. The van der Waals surface area contributed by atoms with Crippen LogP contribution in [0.5, 0.6) is 11.5 Å². The first-order chi connectivity index (χ1) is 6.31. The van der Waals surface area contributed by atoms with Crippen LogP contribution in [0.25, 0.3) is 0 Å². The van der Waals surface area contributed by atoms with Crippen LogP contribution in [-0.4, -0.2) is 13.2 Å². The van der Waals surface area contributed by atoms with Crippen LogP contribution in [0.2, 0.25) is 5.02 Å². The third-order valence-corrected chi connectivity index (χ3v) is 2.04. The molecule has 2 rings (SSSR count). The first kappa shape index (κ1) is 8.28. The molecule has 13 heavy (non-hydrogen) atoms. The van der Waals surface area contributed by atoms with Crippen LogP contribution in [0.1, 0.15) is 5.56 Å². The van der Waals surface area contributed by atoms with Crippen LogP contribution >= 0.6 is 11.6 Å². The van der Waals surface area contributed by atoms with Crippen molar-refractivity contribution in [1.29, 1.82) is 0 Å². The van der Waals surface area contributed by atoms with Crippen molar-refractivity contribution in [3.05, 3.63) is 22.7 Å². The molecule has 0 atom stereocenters. The van der Waals surface area contributed by atoms with E-state index >= 15 is 0 Å². The molecule has 0 aromatic heterocycles. The van der Waals surface area contributed by atoms with E-state index in [2.05, 4.69) is 5.92 Å². The van der Waals surface area contributed by atoms with E-state index in [4.69, 9.17) is 27.5 Å². The number of hydrogen-bond acceptors (Lipinski definition) is 2. The molecule has 3 heteroatoms. The predicted octanol–water partition coefficient (Wildman–Crippen LogP) is 2.09. The van der Waals surface area contributed by atoms with E-state index in [9.17, 15) is 0 Å². The highest BCUT2D eigenvalue weighted by Gasteiger charge is 2.15. The van der Waals surface area contributed by atoms with Gasteiger partial charge in [-0.25, -0.2) is 0 Å². The maximum atomic E-state index is 5.93. The molecule has 0 saturated carbocycles. The maximum absolute atomic E-state index is 5.93. The molecule has 1 aliphatic rings. The van der Waals surface area contributed by atoms with Crippen LogP contribution in [0.15, 0.2) is 12.1 Å². The zero-order valence-electron chi connectivity index (χ0n) is 6.84. The Balaban J connectivity index is 2.54. The minimum atomic E-state index is 0.505. The van der Waals surface area contributed by atoms with Crippen molar-refractivity contribution in [3.63, 3.8) is 0 Å². The van der Waals surface area contributed by atoms with E-state index in [1.54, 1.807) is 12.1 Å². The van der Waals surface area contributed by atoms with Gasteiger partial charge in [-0.15, -0.1) is 6.42 Å². The molecule has 0 bridgehead atoms. The fourth-order valence-electron chi connectivity index (χ4n) is 1.19. The van der Waals surface area contributed by atoms with Gasteiger partial charge < -0.3 is 9.47 Å². The normalized spacial score (nSPS) is 13.5. The molecular weight excluding hydrogens is 188 g/mol. The van der Waals surface area contributed by atoms with Crippen molar-refractivity contribution < 1.29 is 9.47 Å². The van der Waals surface area contributed by atoms with Crippen molar-refractivity contribution >= 4 is 11.6 Å². The molecule has 66 valence electrons. The minimum Gasteiger partial charge on any atom is -0.486 e. The van der Waals surface area contributed by atoms with Crippen molar-refractivity contribution in [1.82, 2.24) is 0 Å². The van der Waals surface area contributed by atoms with Gasteiger partial charge in [-0.2, -0.15) is 0 Å². The van der Waals surface area contributed by atoms with E-state index in [1.807, 2.05) is 0 Å². The van der Waals surface area contributed by atoms with E-state index < -0.39 is 0 Å². The Morgan fingerprint density at radius 2 is 2.08 bits per heavy atom. The lowest BCUT2D eigenvalue weighted by molar-refractivity contribution is 0.171. The van der Waals surface area contributed by atoms with Gasteiger partial charge >= 0.3 is 0 Å². The highest BCUT2D eigenvalue weighted by Crippen LogP contribution is 2.37. The molecule has 1 heterocycles. The Labute approximate surface area is 81.4 Å². The Bertz CT molecular complexity index is 379. The Hall–Kier alpha value is -1.33. The summed E-state index contributed by atoms with van der Waals surface area (Å²) in [7, 11) is 0. The quantitative estimate of drug-likeness (QED) is 0.589. The van der Waals surface area contributed by atoms with Crippen LogP contribution in [0.3, 0.4) is 0 Å². The first-order valence-electron chi connectivity index (χ1n) is 3.87. The molecule has 0 spiro atoms. The SMILES string of the molecule is C#Cc1cc(Cl)c2c(c1)OCCO2. The fraction of sp³-hybridized carbons (Fsp3) is 0.200. The zero-order valence-corrected chi connectivity index (χ0v) is 7.60. The second-order valence-electron chi connectivity index (χ2n) is 2.63. The summed E-state index contributed by atoms with van der Waals surface area (Å²) < 4.78 is 10.7. The standard InChI is InChI=1S/C10H7ClO2/c1-2-7-5-8(11)10-9(6-7)12-3-4-13-10/h1,5-6H,3-4H2. The lowest BCUT2D eigenvalue weighted by Gasteiger charge is -2.19.